The molecule has 0 aliphatic carbocycles. The number of anilines is 1. The number of imidazole rings is 1. The molecule has 2 atom stereocenters. The molecule has 3 heterocycles. The monoisotopic (exact) mass is 454 g/mol. The Morgan fingerprint density at radius 2 is 2.16 bits per heavy atom. The van der Waals surface area contributed by atoms with Crippen LogP contribution in [0.4, 0.5) is 18.9 Å². The van der Waals surface area contributed by atoms with E-state index in [0.717, 1.165) is 44.9 Å². The van der Waals surface area contributed by atoms with Gasteiger partial charge in [-0.2, -0.15) is 13.2 Å². The van der Waals surface area contributed by atoms with Crippen LogP contribution in [0.1, 0.15) is 30.7 Å². The number of carboxylic acid groups (broad SMARTS) is 1. The van der Waals surface area contributed by atoms with E-state index >= 15 is 0 Å². The minimum atomic E-state index is -5.08. The second-order valence-electron chi connectivity index (χ2n) is 8.48. The Balaban J connectivity index is 0.000000360. The summed E-state index contributed by atoms with van der Waals surface area (Å²) in [6.45, 7) is 5.98. The summed E-state index contributed by atoms with van der Waals surface area (Å²) in [5.74, 6) is -1.63. The van der Waals surface area contributed by atoms with E-state index in [2.05, 4.69) is 58.0 Å². The molecule has 2 aromatic rings. The van der Waals surface area contributed by atoms with Gasteiger partial charge < -0.3 is 19.7 Å². The van der Waals surface area contributed by atoms with Crippen molar-refractivity contribution < 1.29 is 27.8 Å². The van der Waals surface area contributed by atoms with E-state index < -0.39 is 12.1 Å². The van der Waals surface area contributed by atoms with Gasteiger partial charge in [0.2, 0.25) is 0 Å². The van der Waals surface area contributed by atoms with Crippen molar-refractivity contribution in [2.45, 2.75) is 50.6 Å². The number of ether oxygens (including phenoxy) is 1. The summed E-state index contributed by atoms with van der Waals surface area (Å²) >= 11 is 0. The highest BCUT2D eigenvalue weighted by Crippen LogP contribution is 2.36. The van der Waals surface area contributed by atoms with E-state index in [1.807, 2.05) is 12.4 Å². The first-order valence-corrected chi connectivity index (χ1v) is 10.5. The van der Waals surface area contributed by atoms with Crippen molar-refractivity contribution >= 4 is 11.7 Å². The molecule has 1 aromatic carbocycles. The number of carbonyl (C=O) groups is 1. The number of rotatable bonds is 4. The Morgan fingerprint density at radius 3 is 2.78 bits per heavy atom. The predicted molar refractivity (Wildman–Crippen MR) is 113 cm³/mol. The number of halogens is 3. The second-order valence-corrected chi connectivity index (χ2v) is 8.48. The molecule has 2 unspecified atom stereocenters. The highest BCUT2D eigenvalue weighted by molar-refractivity contribution is 5.73. The number of piperidine rings is 1. The highest BCUT2D eigenvalue weighted by atomic mass is 19.4. The van der Waals surface area contributed by atoms with E-state index in [1.165, 1.54) is 17.7 Å². The van der Waals surface area contributed by atoms with Gasteiger partial charge in [0.1, 0.15) is 5.82 Å². The van der Waals surface area contributed by atoms with Crippen LogP contribution >= 0.6 is 0 Å². The van der Waals surface area contributed by atoms with Crippen LogP contribution in [0.2, 0.25) is 0 Å². The number of benzene rings is 1. The molecule has 2 fully saturated rings. The predicted octanol–water partition coefficient (Wildman–Crippen LogP) is 3.60. The van der Waals surface area contributed by atoms with Gasteiger partial charge in [-0.1, -0.05) is 12.1 Å². The van der Waals surface area contributed by atoms with Gasteiger partial charge >= 0.3 is 12.1 Å². The average molecular weight is 454 g/mol. The first kappa shape index (κ1) is 24.1. The summed E-state index contributed by atoms with van der Waals surface area (Å²) in [6, 6.07) is 8.99. The largest absolute Gasteiger partial charge is 0.490 e. The molecule has 2 aliphatic heterocycles. The third-order valence-corrected chi connectivity index (χ3v) is 5.74. The lowest BCUT2D eigenvalue weighted by Crippen LogP contribution is -2.48. The molecule has 2 saturated heterocycles. The van der Waals surface area contributed by atoms with E-state index in [-0.39, 0.29) is 5.60 Å². The Labute approximate surface area is 185 Å². The number of aryl methyl sites for hydroxylation is 2. The summed E-state index contributed by atoms with van der Waals surface area (Å²) in [7, 11) is 2.07. The third-order valence-electron chi connectivity index (χ3n) is 5.74. The Bertz CT molecular complexity index is 918. The van der Waals surface area contributed by atoms with Gasteiger partial charge in [-0.3, -0.25) is 4.90 Å². The summed E-state index contributed by atoms with van der Waals surface area (Å²) in [5, 5.41) is 10.8. The fraction of sp³-hybridized carbons (Fsp3) is 0.545. The van der Waals surface area contributed by atoms with Crippen molar-refractivity contribution in [2.24, 2.45) is 7.05 Å². The molecule has 4 rings (SSSR count). The molecular formula is C22H29F3N4O3. The number of hydrogen-bond acceptors (Lipinski definition) is 5. The Kier molecular flexibility index (Phi) is 7.45. The van der Waals surface area contributed by atoms with Gasteiger partial charge in [0.05, 0.1) is 24.8 Å². The van der Waals surface area contributed by atoms with Crippen molar-refractivity contribution in [2.75, 3.05) is 25.0 Å². The topological polar surface area (TPSA) is 79.6 Å². The smallest absolute Gasteiger partial charge is 0.475 e. The molecule has 0 radical (unpaired) electrons. The molecule has 7 nitrogen and oxygen atoms in total. The van der Waals surface area contributed by atoms with Gasteiger partial charge in [0.25, 0.3) is 0 Å². The van der Waals surface area contributed by atoms with Crippen molar-refractivity contribution in [3.05, 3.63) is 48.0 Å². The first-order chi connectivity index (χ1) is 15.1. The van der Waals surface area contributed by atoms with Crippen LogP contribution in [-0.4, -0.2) is 63.0 Å². The lowest BCUT2D eigenvalue weighted by atomic mass is 9.88. The number of alkyl halides is 3. The molecule has 2 aliphatic rings. The van der Waals surface area contributed by atoms with Gasteiger partial charge in [-0.25, -0.2) is 9.78 Å². The number of likely N-dealkylation sites (tertiary alicyclic amines) is 1. The number of aliphatic carboxylic acids is 1. The van der Waals surface area contributed by atoms with Crippen LogP contribution in [0.15, 0.2) is 36.7 Å². The SMILES string of the molecule is Cc1cccc(NC2COC3(CCCN(Cc4nccn4C)C3)C2)c1.O=C(O)C(F)(F)F. The maximum absolute atomic E-state index is 10.6. The van der Waals surface area contributed by atoms with Crippen LogP contribution < -0.4 is 5.32 Å². The zero-order valence-corrected chi connectivity index (χ0v) is 18.2. The summed E-state index contributed by atoms with van der Waals surface area (Å²) in [5.41, 5.74) is 2.49. The average Bonchev–Trinajstić information content (AvgIpc) is 3.28. The molecule has 176 valence electrons. The van der Waals surface area contributed by atoms with E-state index in [9.17, 15) is 13.2 Å². The minimum absolute atomic E-state index is 0.00487. The lowest BCUT2D eigenvalue weighted by Gasteiger charge is -2.39. The molecule has 0 amide bonds. The summed E-state index contributed by atoms with van der Waals surface area (Å²) in [6.07, 6.45) is 2.25. The molecular weight excluding hydrogens is 425 g/mol. The maximum atomic E-state index is 10.6. The molecule has 0 saturated carbocycles. The number of hydrogen-bond donors (Lipinski definition) is 2. The summed E-state index contributed by atoms with van der Waals surface area (Å²) < 4.78 is 40.2. The number of nitrogens with zero attached hydrogens (tertiary/aromatic N) is 3. The van der Waals surface area contributed by atoms with Crippen molar-refractivity contribution in [3.8, 4) is 0 Å². The Hall–Kier alpha value is -2.59. The molecule has 2 N–H and O–H groups in total. The van der Waals surface area contributed by atoms with Crippen molar-refractivity contribution in [1.29, 1.82) is 0 Å². The van der Waals surface area contributed by atoms with Gasteiger partial charge in [-0.05, 0) is 50.4 Å². The van der Waals surface area contributed by atoms with Crippen molar-refractivity contribution in [1.82, 2.24) is 14.5 Å². The van der Waals surface area contributed by atoms with Crippen LogP contribution in [0, 0.1) is 6.92 Å². The van der Waals surface area contributed by atoms with Crippen LogP contribution in [0.5, 0.6) is 0 Å². The summed E-state index contributed by atoms with van der Waals surface area (Å²) in [4.78, 5) is 15.9. The van der Waals surface area contributed by atoms with E-state index in [0.29, 0.717) is 6.04 Å². The second kappa shape index (κ2) is 9.91. The Morgan fingerprint density at radius 1 is 1.41 bits per heavy atom. The number of nitrogens with one attached hydrogen (secondary N) is 1. The lowest BCUT2D eigenvalue weighted by molar-refractivity contribution is -0.192. The maximum Gasteiger partial charge on any atom is 0.490 e. The van der Waals surface area contributed by atoms with E-state index in [1.54, 1.807) is 0 Å². The number of carboxylic acids is 1. The van der Waals surface area contributed by atoms with Gasteiger partial charge in [0, 0.05) is 31.7 Å². The highest BCUT2D eigenvalue weighted by Gasteiger charge is 2.43. The molecule has 32 heavy (non-hydrogen) atoms. The van der Waals surface area contributed by atoms with Gasteiger partial charge in [-0.15, -0.1) is 0 Å². The van der Waals surface area contributed by atoms with Crippen molar-refractivity contribution in [3.63, 3.8) is 0 Å². The number of aromatic nitrogens is 2. The molecule has 1 aromatic heterocycles. The van der Waals surface area contributed by atoms with Gasteiger partial charge in [0.15, 0.2) is 0 Å². The quantitative estimate of drug-likeness (QED) is 0.735. The fourth-order valence-corrected chi connectivity index (χ4v) is 4.27. The molecule has 1 spiro atoms. The third kappa shape index (κ3) is 6.46. The zero-order chi connectivity index (χ0) is 23.4. The normalized spacial score (nSPS) is 23.6. The molecule has 0 bridgehead atoms. The fourth-order valence-electron chi connectivity index (χ4n) is 4.27. The standard InChI is InChI=1S/C20H28N4O.C2HF3O2/c1-16-5-3-6-17(11-16)22-18-12-20(25-14-18)7-4-9-24(15-20)13-19-21-8-10-23(19)2;3-2(4,5)1(6)7/h3,5-6,8,10-11,18,22H,4,7,9,12-15H2,1-2H3;(H,6,7). The zero-order valence-electron chi connectivity index (χ0n) is 18.2. The first-order valence-electron chi connectivity index (χ1n) is 10.5. The van der Waals surface area contributed by atoms with E-state index in [4.69, 9.17) is 14.6 Å². The molecule has 10 heteroatoms. The van der Waals surface area contributed by atoms with Crippen LogP contribution in [0.3, 0.4) is 0 Å². The minimum Gasteiger partial charge on any atom is -0.475 e. The van der Waals surface area contributed by atoms with Crippen LogP contribution in [0.25, 0.3) is 0 Å². The van der Waals surface area contributed by atoms with Crippen LogP contribution in [-0.2, 0) is 23.1 Å².